The van der Waals surface area contributed by atoms with Crippen molar-refractivity contribution in [2.45, 2.75) is 25.8 Å². The summed E-state index contributed by atoms with van der Waals surface area (Å²) in [6.45, 7) is 3.26. The molecule has 8 heteroatoms. The van der Waals surface area contributed by atoms with E-state index in [0.29, 0.717) is 22.5 Å². The number of carbonyl (C=O) groups is 1. The Kier molecular flexibility index (Phi) is 5.13. The topological polar surface area (TPSA) is 110 Å². The summed E-state index contributed by atoms with van der Waals surface area (Å²) in [5, 5.41) is 10.2. The molecule has 4 N–H and O–H groups in total. The first-order valence-electron chi connectivity index (χ1n) is 10.5. The van der Waals surface area contributed by atoms with Gasteiger partial charge in [-0.15, -0.1) is 0 Å². The van der Waals surface area contributed by atoms with Crippen LogP contribution in [-0.2, 0) is 6.54 Å². The van der Waals surface area contributed by atoms with E-state index < -0.39 is 0 Å². The van der Waals surface area contributed by atoms with Crippen molar-refractivity contribution >= 4 is 22.5 Å². The number of anilines is 1. The Hall–Kier alpha value is -3.65. The maximum atomic E-state index is 12.5. The molecule has 0 unspecified atom stereocenters. The number of nitrogens with zero attached hydrogens (tertiary/aromatic N) is 2. The van der Waals surface area contributed by atoms with Crippen LogP contribution in [0.25, 0.3) is 22.2 Å². The molecule has 158 valence electrons. The highest BCUT2D eigenvalue weighted by molar-refractivity contribution is 6.04. The first kappa shape index (κ1) is 19.3. The third kappa shape index (κ3) is 4.15. The predicted octanol–water partition coefficient (Wildman–Crippen LogP) is 3.48. The number of H-pyrrole nitrogens is 3. The Morgan fingerprint density at radius 3 is 2.77 bits per heavy atom. The molecule has 4 heterocycles. The van der Waals surface area contributed by atoms with E-state index in [2.05, 4.69) is 48.6 Å². The molecule has 1 aromatic carbocycles. The lowest BCUT2D eigenvalue weighted by Crippen LogP contribution is -2.28. The van der Waals surface area contributed by atoms with Crippen LogP contribution >= 0.6 is 0 Å². The van der Waals surface area contributed by atoms with Crippen molar-refractivity contribution in [3.63, 3.8) is 0 Å². The summed E-state index contributed by atoms with van der Waals surface area (Å²) >= 11 is 0. The Bertz CT molecular complexity index is 1260. The molecule has 0 radical (unpaired) electrons. The number of piperidine rings is 1. The maximum absolute atomic E-state index is 12.5. The number of hydrogen-bond donors (Lipinski definition) is 4. The van der Waals surface area contributed by atoms with Gasteiger partial charge in [0.25, 0.3) is 11.5 Å². The Balaban J connectivity index is 1.40. The number of nitrogens with one attached hydrogen (secondary N) is 4. The van der Waals surface area contributed by atoms with Crippen LogP contribution < -0.4 is 10.9 Å². The fourth-order valence-electron chi connectivity index (χ4n) is 4.14. The molecule has 1 aliphatic rings. The minimum atomic E-state index is -0.300. The first-order chi connectivity index (χ1) is 15.2. The number of rotatable bonds is 5. The molecule has 1 amide bonds. The minimum Gasteiger partial charge on any atom is -0.354 e. The Labute approximate surface area is 178 Å². The standard InChI is InChI=1S/C23H24N6O2/c30-22(17-11-25-26-12-17)27-18-10-19(23(31)24-13-18)21-9-16-8-15(4-5-20(16)28-21)14-29-6-2-1-3-7-29/h4-5,8-13,28H,1-3,6-7,14H2,(H,24,31)(H,25,26)(H,27,30). The van der Waals surface area contributed by atoms with Crippen LogP contribution in [-0.4, -0.2) is 44.1 Å². The molecule has 4 aromatic rings. The van der Waals surface area contributed by atoms with Crippen LogP contribution in [0.3, 0.4) is 0 Å². The Morgan fingerprint density at radius 2 is 1.97 bits per heavy atom. The summed E-state index contributed by atoms with van der Waals surface area (Å²) in [7, 11) is 0. The van der Waals surface area contributed by atoms with Crippen molar-refractivity contribution in [1.29, 1.82) is 0 Å². The van der Waals surface area contributed by atoms with Crippen molar-refractivity contribution in [3.05, 3.63) is 70.4 Å². The minimum absolute atomic E-state index is 0.221. The lowest BCUT2D eigenvalue weighted by atomic mass is 10.1. The zero-order valence-electron chi connectivity index (χ0n) is 17.1. The number of pyridine rings is 1. The zero-order valence-corrected chi connectivity index (χ0v) is 17.1. The van der Waals surface area contributed by atoms with E-state index in [9.17, 15) is 9.59 Å². The Morgan fingerprint density at radius 1 is 1.10 bits per heavy atom. The van der Waals surface area contributed by atoms with Gasteiger partial charge < -0.3 is 15.3 Å². The first-order valence-corrected chi connectivity index (χ1v) is 10.5. The normalized spacial score (nSPS) is 14.7. The fourth-order valence-corrected chi connectivity index (χ4v) is 4.14. The van der Waals surface area contributed by atoms with Crippen LogP contribution in [0.4, 0.5) is 5.69 Å². The van der Waals surface area contributed by atoms with Gasteiger partial charge in [-0.05, 0) is 55.8 Å². The fraction of sp³-hybridized carbons (Fsp3) is 0.261. The molecule has 0 atom stereocenters. The van der Waals surface area contributed by atoms with Crippen molar-refractivity contribution in [1.82, 2.24) is 25.1 Å². The van der Waals surface area contributed by atoms with Crippen molar-refractivity contribution in [2.24, 2.45) is 0 Å². The van der Waals surface area contributed by atoms with Gasteiger partial charge in [0.1, 0.15) is 0 Å². The highest BCUT2D eigenvalue weighted by Crippen LogP contribution is 2.25. The van der Waals surface area contributed by atoms with E-state index in [-0.39, 0.29) is 11.5 Å². The van der Waals surface area contributed by atoms with Crippen LogP contribution in [0.2, 0.25) is 0 Å². The molecule has 31 heavy (non-hydrogen) atoms. The summed E-state index contributed by atoms with van der Waals surface area (Å²) in [6.07, 6.45) is 8.32. The number of likely N-dealkylation sites (tertiary alicyclic amines) is 1. The third-order valence-corrected chi connectivity index (χ3v) is 5.75. The number of benzene rings is 1. The number of aromatic amines is 3. The lowest BCUT2D eigenvalue weighted by Gasteiger charge is -2.26. The quantitative estimate of drug-likeness (QED) is 0.399. The molecule has 5 rings (SSSR count). The van der Waals surface area contributed by atoms with Crippen LogP contribution in [0.15, 0.2) is 53.7 Å². The summed E-state index contributed by atoms with van der Waals surface area (Å²) < 4.78 is 0. The van der Waals surface area contributed by atoms with Crippen molar-refractivity contribution in [2.75, 3.05) is 18.4 Å². The largest absolute Gasteiger partial charge is 0.354 e. The highest BCUT2D eigenvalue weighted by Gasteiger charge is 2.13. The van der Waals surface area contributed by atoms with E-state index in [1.807, 2.05) is 6.07 Å². The second-order valence-electron chi connectivity index (χ2n) is 8.01. The van der Waals surface area contributed by atoms with E-state index in [4.69, 9.17) is 0 Å². The molecule has 0 aliphatic carbocycles. The maximum Gasteiger partial charge on any atom is 0.258 e. The molecular formula is C23H24N6O2. The molecule has 8 nitrogen and oxygen atoms in total. The predicted molar refractivity (Wildman–Crippen MR) is 120 cm³/mol. The third-order valence-electron chi connectivity index (χ3n) is 5.75. The van der Waals surface area contributed by atoms with Crippen LogP contribution in [0.5, 0.6) is 0 Å². The molecular weight excluding hydrogens is 392 g/mol. The van der Waals surface area contributed by atoms with Gasteiger partial charge >= 0.3 is 0 Å². The van der Waals surface area contributed by atoms with Gasteiger partial charge in [0, 0.05) is 29.8 Å². The van der Waals surface area contributed by atoms with E-state index in [0.717, 1.165) is 30.5 Å². The number of fused-ring (bicyclic) bond motifs is 1. The second kappa shape index (κ2) is 8.23. The highest BCUT2D eigenvalue weighted by atomic mass is 16.1. The SMILES string of the molecule is O=C(Nc1c[nH]c(=O)c(-c2cc3cc(CN4CCCCC4)ccc3[nH]2)c1)c1cn[nH]c1. The smallest absolute Gasteiger partial charge is 0.258 e. The van der Waals surface area contributed by atoms with Crippen LogP contribution in [0, 0.1) is 0 Å². The van der Waals surface area contributed by atoms with Gasteiger partial charge in [-0.3, -0.25) is 19.6 Å². The number of aromatic nitrogens is 4. The average Bonchev–Trinajstić information content (AvgIpc) is 3.45. The monoisotopic (exact) mass is 416 g/mol. The number of carbonyl (C=O) groups excluding carboxylic acids is 1. The number of amides is 1. The van der Waals surface area contributed by atoms with Gasteiger partial charge in [0.15, 0.2) is 0 Å². The second-order valence-corrected chi connectivity index (χ2v) is 8.01. The molecule has 3 aromatic heterocycles. The van der Waals surface area contributed by atoms with E-state index in [1.54, 1.807) is 6.07 Å². The summed E-state index contributed by atoms with van der Waals surface area (Å²) in [4.78, 5) is 33.3. The van der Waals surface area contributed by atoms with Crippen LogP contribution in [0.1, 0.15) is 35.2 Å². The van der Waals surface area contributed by atoms with Gasteiger partial charge in [-0.2, -0.15) is 5.10 Å². The van der Waals surface area contributed by atoms with Crippen molar-refractivity contribution < 1.29 is 4.79 Å². The van der Waals surface area contributed by atoms with Gasteiger partial charge in [-0.1, -0.05) is 12.5 Å². The average molecular weight is 416 g/mol. The molecule has 0 saturated carbocycles. The molecule has 0 bridgehead atoms. The summed E-state index contributed by atoms with van der Waals surface area (Å²) in [5.74, 6) is -0.300. The van der Waals surface area contributed by atoms with Crippen molar-refractivity contribution in [3.8, 4) is 11.3 Å². The zero-order chi connectivity index (χ0) is 21.2. The van der Waals surface area contributed by atoms with Gasteiger partial charge in [0.05, 0.1) is 28.7 Å². The molecule has 1 fully saturated rings. The molecule has 0 spiro atoms. The van der Waals surface area contributed by atoms with Gasteiger partial charge in [-0.25, -0.2) is 0 Å². The lowest BCUT2D eigenvalue weighted by molar-refractivity contribution is 0.102. The van der Waals surface area contributed by atoms with E-state index in [1.165, 1.54) is 43.4 Å². The molecule has 1 aliphatic heterocycles. The summed E-state index contributed by atoms with van der Waals surface area (Å²) in [6, 6.07) is 10.1. The van der Waals surface area contributed by atoms with E-state index >= 15 is 0 Å². The summed E-state index contributed by atoms with van der Waals surface area (Å²) in [5.41, 5.74) is 4.13. The number of hydrogen-bond acceptors (Lipinski definition) is 4. The van der Waals surface area contributed by atoms with Gasteiger partial charge in [0.2, 0.25) is 0 Å². The molecule has 1 saturated heterocycles.